The van der Waals surface area contributed by atoms with Crippen molar-refractivity contribution in [2.45, 2.75) is 12.8 Å². The van der Waals surface area contributed by atoms with Crippen molar-refractivity contribution in [2.24, 2.45) is 0 Å². The van der Waals surface area contributed by atoms with Crippen molar-refractivity contribution in [1.82, 2.24) is 0 Å². The molecule has 0 saturated heterocycles. The number of methoxy groups -OCH3 is 1. The topological polar surface area (TPSA) is 9.23 Å². The average Bonchev–Trinajstić information content (AvgIpc) is 2.79. The fourth-order valence-corrected chi connectivity index (χ4v) is 4.26. The van der Waals surface area contributed by atoms with Crippen LogP contribution in [0.1, 0.15) is 12.8 Å². The Labute approximate surface area is 97.8 Å². The molecule has 0 aromatic rings. The summed E-state index contributed by atoms with van der Waals surface area (Å²) in [6, 6.07) is 0. The summed E-state index contributed by atoms with van der Waals surface area (Å²) in [6.07, 6.45) is 16.0. The van der Waals surface area contributed by atoms with Gasteiger partial charge in [0.25, 0.3) is 0 Å². The Balaban J connectivity index is 0.000000293. The fraction of sp³-hybridized carbons (Fsp3) is 0.333. The normalized spacial score (nSPS) is 17.3. The second-order valence-corrected chi connectivity index (χ2v) is 6.95. The maximum Gasteiger partial charge on any atom is 0.0351 e. The Morgan fingerprint density at radius 3 is 1.71 bits per heavy atom. The van der Waals surface area contributed by atoms with Gasteiger partial charge in [0, 0.05) is 14.2 Å². The Morgan fingerprint density at radius 1 is 1.00 bits per heavy atom. The van der Waals surface area contributed by atoms with Crippen LogP contribution in [0, 0.1) is 0 Å². The van der Waals surface area contributed by atoms with Gasteiger partial charge in [-0.3, -0.25) is 0 Å². The van der Waals surface area contributed by atoms with E-state index < -0.39 is 0 Å². The third kappa shape index (κ3) is 4.35. The van der Waals surface area contributed by atoms with Gasteiger partial charge in [0.1, 0.15) is 0 Å². The van der Waals surface area contributed by atoms with E-state index in [1.807, 2.05) is 0 Å². The van der Waals surface area contributed by atoms with Crippen LogP contribution in [-0.4, -0.2) is 14.2 Å². The van der Waals surface area contributed by atoms with Gasteiger partial charge in [0.05, 0.1) is 0 Å². The smallest absolute Gasteiger partial charge is 0.0351 e. The first-order valence-corrected chi connectivity index (χ1v) is 7.21. The molecule has 0 radical (unpaired) electrons. The second kappa shape index (κ2) is 7.14. The van der Waals surface area contributed by atoms with Gasteiger partial charge in [-0.15, -0.1) is 0 Å². The summed E-state index contributed by atoms with van der Waals surface area (Å²) in [5.74, 6) is 0. The first-order valence-electron chi connectivity index (χ1n) is 4.75. The number of ether oxygens (including phenoxy) is 1. The monoisotopic (exact) mass is 266 g/mol. The summed E-state index contributed by atoms with van der Waals surface area (Å²) in [5.41, 5.74) is 0. The van der Waals surface area contributed by atoms with Crippen molar-refractivity contribution < 1.29 is 28.0 Å². The standard InChI is InChI=1S/2C5H5.C2H6O.Zr/c2*1-2-4-5-3-1;1-3-2;/h2*1-3H,4H2;1-2H3;. The van der Waals surface area contributed by atoms with Crippen molar-refractivity contribution in [2.75, 3.05) is 14.2 Å². The van der Waals surface area contributed by atoms with E-state index >= 15 is 0 Å². The van der Waals surface area contributed by atoms with Crippen LogP contribution in [0.4, 0.5) is 0 Å². The van der Waals surface area contributed by atoms with Gasteiger partial charge in [0.2, 0.25) is 0 Å². The third-order valence-corrected chi connectivity index (χ3v) is 5.27. The molecule has 0 aromatic heterocycles. The van der Waals surface area contributed by atoms with Gasteiger partial charge in [-0.2, -0.15) is 0 Å². The molecule has 2 heteroatoms. The van der Waals surface area contributed by atoms with Crippen LogP contribution in [0.25, 0.3) is 0 Å². The molecule has 0 saturated carbocycles. The quantitative estimate of drug-likeness (QED) is 0.747. The molecule has 0 N–H and O–H groups in total. The maximum absolute atomic E-state index is 4.25. The summed E-state index contributed by atoms with van der Waals surface area (Å²) in [4.78, 5) is 0. The minimum atomic E-state index is -0.312. The average molecular weight is 267 g/mol. The van der Waals surface area contributed by atoms with Gasteiger partial charge in [-0.1, -0.05) is 0 Å². The molecular weight excluding hydrogens is 251 g/mol. The zero-order chi connectivity index (χ0) is 10.2. The summed E-state index contributed by atoms with van der Waals surface area (Å²) >= 11 is -0.312. The maximum atomic E-state index is 4.25. The van der Waals surface area contributed by atoms with Crippen molar-refractivity contribution >= 4 is 0 Å². The molecule has 0 fully saturated rings. The van der Waals surface area contributed by atoms with E-state index in [-0.39, 0.29) is 23.2 Å². The van der Waals surface area contributed by atoms with Gasteiger partial charge in [-0.05, 0) is 0 Å². The Bertz CT molecular complexity index is 257. The Hall–Kier alpha value is -0.197. The van der Waals surface area contributed by atoms with E-state index in [9.17, 15) is 0 Å². The fourth-order valence-electron chi connectivity index (χ4n) is 1.29. The van der Waals surface area contributed by atoms with Crippen molar-refractivity contribution in [3.8, 4) is 0 Å². The summed E-state index contributed by atoms with van der Waals surface area (Å²) in [6.45, 7) is 0. The van der Waals surface area contributed by atoms with Gasteiger partial charge in [0.15, 0.2) is 0 Å². The molecule has 0 atom stereocenters. The van der Waals surface area contributed by atoms with Crippen LogP contribution in [0.2, 0.25) is 0 Å². The van der Waals surface area contributed by atoms with Gasteiger partial charge < -0.3 is 4.74 Å². The first kappa shape index (κ1) is 11.9. The molecule has 2 aliphatic rings. The van der Waals surface area contributed by atoms with Crippen LogP contribution < -0.4 is 0 Å². The van der Waals surface area contributed by atoms with E-state index in [4.69, 9.17) is 0 Å². The molecule has 2 rings (SSSR count). The number of hydrogen-bond donors (Lipinski definition) is 0. The molecule has 1 nitrogen and oxygen atoms in total. The minimum absolute atomic E-state index is 0.312. The molecule has 0 spiro atoms. The largest absolute Gasteiger partial charge is 0.388 e. The molecule has 14 heavy (non-hydrogen) atoms. The summed E-state index contributed by atoms with van der Waals surface area (Å²) < 4.78 is 7.70. The third-order valence-electron chi connectivity index (χ3n) is 1.86. The van der Waals surface area contributed by atoms with E-state index in [0.717, 1.165) is 0 Å². The molecule has 2 aliphatic carbocycles. The molecular formula is C12H16OZr. The number of rotatable bonds is 2. The number of allylic oxidation sites excluding steroid dienone is 8. The molecule has 0 aliphatic heterocycles. The molecule has 0 aromatic carbocycles. The molecule has 0 bridgehead atoms. The summed E-state index contributed by atoms with van der Waals surface area (Å²) in [7, 11) is 3.25. The second-order valence-electron chi connectivity index (χ2n) is 3.18. The van der Waals surface area contributed by atoms with Crippen LogP contribution in [0.5, 0.6) is 0 Å². The minimum Gasteiger partial charge on any atom is -0.388 e. The Morgan fingerprint density at radius 2 is 1.43 bits per heavy atom. The molecule has 0 unspecified atom stereocenters. The van der Waals surface area contributed by atoms with Crippen LogP contribution in [-0.2, 0) is 28.0 Å². The van der Waals surface area contributed by atoms with E-state index in [1.54, 1.807) is 20.8 Å². The van der Waals surface area contributed by atoms with Gasteiger partial charge in [-0.25, -0.2) is 0 Å². The Kier molecular flexibility index (Phi) is 6.06. The predicted octanol–water partition coefficient (Wildman–Crippen LogP) is 3.02. The van der Waals surface area contributed by atoms with E-state index in [0.29, 0.717) is 0 Å². The van der Waals surface area contributed by atoms with E-state index in [2.05, 4.69) is 41.2 Å². The molecule has 74 valence electrons. The molecule has 0 heterocycles. The van der Waals surface area contributed by atoms with Crippen LogP contribution >= 0.6 is 0 Å². The SMILES string of the molecule is C1=CC[C]([Zr][C]2=CC=CC2)=C1.COC. The van der Waals surface area contributed by atoms with Crippen molar-refractivity contribution in [3.05, 3.63) is 43.0 Å². The van der Waals surface area contributed by atoms with Crippen molar-refractivity contribution in [3.63, 3.8) is 0 Å². The molecule has 0 amide bonds. The van der Waals surface area contributed by atoms with Gasteiger partial charge >= 0.3 is 79.1 Å². The van der Waals surface area contributed by atoms with Crippen molar-refractivity contribution in [1.29, 1.82) is 0 Å². The summed E-state index contributed by atoms with van der Waals surface area (Å²) in [5, 5.41) is 0. The van der Waals surface area contributed by atoms with Crippen LogP contribution in [0.15, 0.2) is 43.0 Å². The van der Waals surface area contributed by atoms with E-state index in [1.165, 1.54) is 12.8 Å². The zero-order valence-electron chi connectivity index (χ0n) is 8.79. The zero-order valence-corrected chi connectivity index (χ0v) is 11.2. The van der Waals surface area contributed by atoms with Crippen LogP contribution in [0.3, 0.4) is 0 Å². The predicted molar refractivity (Wildman–Crippen MR) is 56.6 cm³/mol. The number of hydrogen-bond acceptors (Lipinski definition) is 1. The first-order chi connectivity index (χ1) is 6.86.